The van der Waals surface area contributed by atoms with Gasteiger partial charge in [0.15, 0.2) is 0 Å². The molecule has 2 aromatic carbocycles. The van der Waals surface area contributed by atoms with Crippen molar-refractivity contribution in [2.75, 3.05) is 10.6 Å². The van der Waals surface area contributed by atoms with Crippen LogP contribution in [0.15, 0.2) is 47.6 Å². The number of carbonyl (C=O) groups is 3. The summed E-state index contributed by atoms with van der Waals surface area (Å²) in [5.41, 5.74) is 6.63. The Bertz CT molecular complexity index is 964. The molecule has 3 amide bonds. The molecule has 0 fully saturated rings. The first-order valence-corrected chi connectivity index (χ1v) is 9.00. The molecular formula is C21H22N4O3. The van der Waals surface area contributed by atoms with E-state index in [2.05, 4.69) is 21.2 Å². The molecule has 0 bridgehead atoms. The number of benzene rings is 2. The Hall–Kier alpha value is -3.48. The largest absolute Gasteiger partial charge is 0.326 e. The number of nitrogens with one attached hydrogen (secondary N) is 3. The lowest BCUT2D eigenvalue weighted by Crippen LogP contribution is -2.31. The standard InChI is InChI=1S/C21H22N4O3/c1-12-4-9-17(18(10-12)22-14(3)26)21(28)23-16-7-5-15(6-8-16)20-13(2)11-19(27)24-25-20/h4-10,13H,11H2,1-3H3,(H,22,26)(H,23,28)(H,24,27). The second-order valence-electron chi connectivity index (χ2n) is 6.90. The number of hydrogen-bond donors (Lipinski definition) is 3. The summed E-state index contributed by atoms with van der Waals surface area (Å²) in [4.78, 5) is 35.5. The van der Waals surface area contributed by atoms with Gasteiger partial charge < -0.3 is 10.6 Å². The summed E-state index contributed by atoms with van der Waals surface area (Å²) in [5, 5.41) is 9.67. The molecule has 0 saturated heterocycles. The summed E-state index contributed by atoms with van der Waals surface area (Å²) in [6, 6.07) is 12.5. The fourth-order valence-electron chi connectivity index (χ4n) is 3.07. The van der Waals surface area contributed by atoms with Crippen molar-refractivity contribution < 1.29 is 14.4 Å². The van der Waals surface area contributed by atoms with Crippen LogP contribution in [0.1, 0.15) is 41.8 Å². The molecule has 1 unspecified atom stereocenters. The van der Waals surface area contributed by atoms with E-state index in [1.54, 1.807) is 24.3 Å². The molecule has 1 aliphatic rings. The van der Waals surface area contributed by atoms with Crippen LogP contribution in [0.25, 0.3) is 0 Å². The van der Waals surface area contributed by atoms with Crippen molar-refractivity contribution in [3.8, 4) is 0 Å². The molecule has 0 aliphatic carbocycles. The Morgan fingerprint density at radius 1 is 1.11 bits per heavy atom. The Morgan fingerprint density at radius 3 is 2.46 bits per heavy atom. The number of hydrogen-bond acceptors (Lipinski definition) is 4. The van der Waals surface area contributed by atoms with Gasteiger partial charge in [-0.3, -0.25) is 14.4 Å². The lowest BCUT2D eigenvalue weighted by Gasteiger charge is -2.19. The van der Waals surface area contributed by atoms with Gasteiger partial charge in [0, 0.05) is 24.9 Å². The van der Waals surface area contributed by atoms with Gasteiger partial charge in [0.2, 0.25) is 11.8 Å². The summed E-state index contributed by atoms with van der Waals surface area (Å²) in [7, 11) is 0. The summed E-state index contributed by atoms with van der Waals surface area (Å²) in [6.07, 6.45) is 0.399. The van der Waals surface area contributed by atoms with Crippen LogP contribution in [0, 0.1) is 12.8 Å². The van der Waals surface area contributed by atoms with Crippen LogP contribution in [-0.2, 0) is 9.59 Å². The molecule has 0 radical (unpaired) electrons. The summed E-state index contributed by atoms with van der Waals surface area (Å²) in [5.74, 6) is -0.610. The maximum atomic E-state index is 12.7. The summed E-state index contributed by atoms with van der Waals surface area (Å²) in [6.45, 7) is 5.25. The van der Waals surface area contributed by atoms with Gasteiger partial charge in [-0.2, -0.15) is 5.10 Å². The van der Waals surface area contributed by atoms with Crippen LogP contribution < -0.4 is 16.1 Å². The average molecular weight is 378 g/mol. The number of aryl methyl sites for hydroxylation is 1. The van der Waals surface area contributed by atoms with Gasteiger partial charge in [-0.05, 0) is 42.3 Å². The third-order valence-electron chi connectivity index (χ3n) is 4.43. The zero-order valence-electron chi connectivity index (χ0n) is 16.0. The number of hydrazone groups is 1. The predicted molar refractivity (Wildman–Crippen MR) is 108 cm³/mol. The van der Waals surface area contributed by atoms with Crippen molar-refractivity contribution in [1.82, 2.24) is 5.43 Å². The first-order valence-electron chi connectivity index (χ1n) is 9.00. The maximum Gasteiger partial charge on any atom is 0.257 e. The predicted octanol–water partition coefficient (Wildman–Crippen LogP) is 3.07. The highest BCUT2D eigenvalue weighted by molar-refractivity contribution is 6.10. The van der Waals surface area contributed by atoms with E-state index in [4.69, 9.17) is 0 Å². The number of nitrogens with zero attached hydrogens (tertiary/aromatic N) is 1. The minimum Gasteiger partial charge on any atom is -0.326 e. The molecule has 1 atom stereocenters. The maximum absolute atomic E-state index is 12.7. The molecule has 0 saturated carbocycles. The first-order chi connectivity index (χ1) is 13.3. The monoisotopic (exact) mass is 378 g/mol. The third kappa shape index (κ3) is 4.43. The molecule has 3 N–H and O–H groups in total. The zero-order valence-corrected chi connectivity index (χ0v) is 16.0. The van der Waals surface area contributed by atoms with E-state index in [1.807, 2.05) is 32.0 Å². The highest BCUT2D eigenvalue weighted by Gasteiger charge is 2.21. The zero-order chi connectivity index (χ0) is 20.3. The summed E-state index contributed by atoms with van der Waals surface area (Å²) < 4.78 is 0. The molecular weight excluding hydrogens is 356 g/mol. The SMILES string of the molecule is CC(=O)Nc1cc(C)ccc1C(=O)Nc1ccc(C2=NNC(=O)CC2C)cc1. The smallest absolute Gasteiger partial charge is 0.257 e. The van der Waals surface area contributed by atoms with Crippen molar-refractivity contribution >= 4 is 34.8 Å². The Labute approximate surface area is 163 Å². The van der Waals surface area contributed by atoms with Gasteiger partial charge in [0.1, 0.15) is 0 Å². The quantitative estimate of drug-likeness (QED) is 0.762. The molecule has 1 heterocycles. The van der Waals surface area contributed by atoms with Crippen LogP contribution in [-0.4, -0.2) is 23.4 Å². The fourth-order valence-corrected chi connectivity index (χ4v) is 3.07. The van der Waals surface area contributed by atoms with Crippen molar-refractivity contribution in [3.63, 3.8) is 0 Å². The van der Waals surface area contributed by atoms with Crippen LogP contribution >= 0.6 is 0 Å². The first kappa shape index (κ1) is 19.3. The average Bonchev–Trinajstić information content (AvgIpc) is 2.62. The number of anilines is 2. The topological polar surface area (TPSA) is 99.7 Å². The lowest BCUT2D eigenvalue weighted by molar-refractivity contribution is -0.122. The fraction of sp³-hybridized carbons (Fsp3) is 0.238. The minimum atomic E-state index is -0.313. The molecule has 0 spiro atoms. The van der Waals surface area contributed by atoms with E-state index >= 15 is 0 Å². The Morgan fingerprint density at radius 2 is 1.82 bits per heavy atom. The Kier molecular flexibility index (Phi) is 5.54. The van der Waals surface area contributed by atoms with Gasteiger partial charge in [0.05, 0.1) is 17.0 Å². The third-order valence-corrected chi connectivity index (χ3v) is 4.43. The molecule has 7 heteroatoms. The van der Waals surface area contributed by atoms with E-state index in [1.165, 1.54) is 6.92 Å². The second-order valence-corrected chi connectivity index (χ2v) is 6.90. The summed E-state index contributed by atoms with van der Waals surface area (Å²) >= 11 is 0. The molecule has 3 rings (SSSR count). The van der Waals surface area contributed by atoms with Gasteiger partial charge in [-0.25, -0.2) is 5.43 Å². The number of amides is 3. The number of carbonyl (C=O) groups excluding carboxylic acids is 3. The van der Waals surface area contributed by atoms with E-state index in [0.29, 0.717) is 23.4 Å². The normalized spacial score (nSPS) is 16.0. The lowest BCUT2D eigenvalue weighted by atomic mass is 9.94. The molecule has 1 aliphatic heterocycles. The van der Waals surface area contributed by atoms with Crippen molar-refractivity contribution in [2.24, 2.45) is 11.0 Å². The highest BCUT2D eigenvalue weighted by atomic mass is 16.2. The van der Waals surface area contributed by atoms with Crippen molar-refractivity contribution in [2.45, 2.75) is 27.2 Å². The highest BCUT2D eigenvalue weighted by Crippen LogP contribution is 2.21. The van der Waals surface area contributed by atoms with E-state index < -0.39 is 0 Å². The van der Waals surface area contributed by atoms with E-state index in [9.17, 15) is 14.4 Å². The van der Waals surface area contributed by atoms with E-state index in [0.717, 1.165) is 16.8 Å². The number of rotatable bonds is 4. The van der Waals surface area contributed by atoms with Gasteiger partial charge >= 0.3 is 0 Å². The van der Waals surface area contributed by atoms with Crippen LogP contribution in [0.3, 0.4) is 0 Å². The molecule has 2 aromatic rings. The van der Waals surface area contributed by atoms with Crippen molar-refractivity contribution in [3.05, 3.63) is 59.2 Å². The molecule has 0 aromatic heterocycles. The molecule has 7 nitrogen and oxygen atoms in total. The minimum absolute atomic E-state index is 0.0296. The van der Waals surface area contributed by atoms with Crippen molar-refractivity contribution in [1.29, 1.82) is 0 Å². The Balaban J connectivity index is 1.77. The second kappa shape index (κ2) is 8.04. The molecule has 28 heavy (non-hydrogen) atoms. The van der Waals surface area contributed by atoms with Crippen LogP contribution in [0.5, 0.6) is 0 Å². The van der Waals surface area contributed by atoms with Gasteiger partial charge in [-0.15, -0.1) is 0 Å². The van der Waals surface area contributed by atoms with E-state index in [-0.39, 0.29) is 23.6 Å². The van der Waals surface area contributed by atoms with Crippen LogP contribution in [0.2, 0.25) is 0 Å². The van der Waals surface area contributed by atoms with Crippen LogP contribution in [0.4, 0.5) is 11.4 Å². The van der Waals surface area contributed by atoms with Gasteiger partial charge in [0.25, 0.3) is 5.91 Å². The molecule has 144 valence electrons. The van der Waals surface area contributed by atoms with Gasteiger partial charge in [-0.1, -0.05) is 25.1 Å².